The molecule has 0 bridgehead atoms. The van der Waals surface area contributed by atoms with E-state index in [2.05, 4.69) is 0 Å². The molecule has 0 spiro atoms. The molecule has 1 fully saturated rings. The lowest BCUT2D eigenvalue weighted by Gasteiger charge is -2.22. The van der Waals surface area contributed by atoms with Gasteiger partial charge in [-0.1, -0.05) is 0 Å². The standard InChI is InChI=1S/C13H16O6/c1-15-10-5-9(6-11(7-10)16-2)13(14)19-12-8-17-3-4-18-12/h5-7,12H,3-4,8H2,1-2H3. The average Bonchev–Trinajstić information content (AvgIpc) is 2.47. The second-order valence-corrected chi connectivity index (χ2v) is 3.88. The summed E-state index contributed by atoms with van der Waals surface area (Å²) in [6, 6.07) is 4.83. The quantitative estimate of drug-likeness (QED) is 0.765. The summed E-state index contributed by atoms with van der Waals surface area (Å²) in [5.74, 6) is 0.534. The molecule has 2 rings (SSSR count). The van der Waals surface area contributed by atoms with Crippen molar-refractivity contribution in [2.45, 2.75) is 6.29 Å². The van der Waals surface area contributed by atoms with Crippen molar-refractivity contribution in [3.63, 3.8) is 0 Å². The van der Waals surface area contributed by atoms with Crippen molar-refractivity contribution >= 4 is 5.97 Å². The van der Waals surface area contributed by atoms with Crippen LogP contribution in [0.4, 0.5) is 0 Å². The molecule has 0 N–H and O–H groups in total. The highest BCUT2D eigenvalue weighted by Crippen LogP contribution is 2.23. The molecule has 1 aromatic carbocycles. The molecule has 1 heterocycles. The normalized spacial score (nSPS) is 18.7. The Morgan fingerprint density at radius 2 is 1.84 bits per heavy atom. The summed E-state index contributed by atoms with van der Waals surface area (Å²) < 4.78 is 25.8. The SMILES string of the molecule is COc1cc(OC)cc(C(=O)OC2COCCO2)c1. The van der Waals surface area contributed by atoms with Crippen LogP contribution in [0.1, 0.15) is 10.4 Å². The van der Waals surface area contributed by atoms with Gasteiger partial charge in [-0.2, -0.15) is 0 Å². The van der Waals surface area contributed by atoms with Crippen LogP contribution >= 0.6 is 0 Å². The van der Waals surface area contributed by atoms with Crippen LogP contribution in [0.5, 0.6) is 11.5 Å². The predicted molar refractivity (Wildman–Crippen MR) is 65.5 cm³/mol. The van der Waals surface area contributed by atoms with Gasteiger partial charge in [0.15, 0.2) is 0 Å². The first-order valence-corrected chi connectivity index (χ1v) is 5.86. The monoisotopic (exact) mass is 268 g/mol. The van der Waals surface area contributed by atoms with E-state index in [0.29, 0.717) is 30.3 Å². The summed E-state index contributed by atoms with van der Waals surface area (Å²) >= 11 is 0. The van der Waals surface area contributed by atoms with Gasteiger partial charge in [0.25, 0.3) is 0 Å². The second kappa shape index (κ2) is 6.40. The molecule has 1 aliphatic rings. The van der Waals surface area contributed by atoms with Crippen LogP contribution in [-0.2, 0) is 14.2 Å². The molecule has 1 saturated heterocycles. The third kappa shape index (κ3) is 3.59. The Bertz CT molecular complexity index is 417. The topological polar surface area (TPSA) is 63.2 Å². The van der Waals surface area contributed by atoms with E-state index in [1.165, 1.54) is 14.2 Å². The molecule has 6 nitrogen and oxygen atoms in total. The summed E-state index contributed by atoms with van der Waals surface area (Å²) in [5, 5.41) is 0. The van der Waals surface area contributed by atoms with Gasteiger partial charge in [0.2, 0.25) is 6.29 Å². The summed E-state index contributed by atoms with van der Waals surface area (Å²) in [4.78, 5) is 12.0. The van der Waals surface area contributed by atoms with Crippen LogP contribution < -0.4 is 9.47 Å². The molecule has 0 amide bonds. The predicted octanol–water partition coefficient (Wildman–Crippen LogP) is 1.23. The van der Waals surface area contributed by atoms with Gasteiger partial charge in [0, 0.05) is 6.07 Å². The van der Waals surface area contributed by atoms with Crippen LogP contribution in [-0.4, -0.2) is 46.3 Å². The molecule has 1 aliphatic heterocycles. The third-order valence-electron chi connectivity index (χ3n) is 2.61. The molecule has 0 saturated carbocycles. The molecular weight excluding hydrogens is 252 g/mol. The molecule has 1 unspecified atom stereocenters. The third-order valence-corrected chi connectivity index (χ3v) is 2.61. The van der Waals surface area contributed by atoms with Crippen molar-refractivity contribution in [3.8, 4) is 11.5 Å². The molecule has 1 aromatic rings. The number of hydrogen-bond acceptors (Lipinski definition) is 6. The van der Waals surface area contributed by atoms with Crippen LogP contribution in [0, 0.1) is 0 Å². The highest BCUT2D eigenvalue weighted by atomic mass is 16.7. The summed E-state index contributed by atoms with van der Waals surface area (Å²) in [5.41, 5.74) is 0.338. The Hall–Kier alpha value is -1.79. The summed E-state index contributed by atoms with van der Waals surface area (Å²) in [7, 11) is 3.03. The zero-order valence-corrected chi connectivity index (χ0v) is 10.9. The van der Waals surface area contributed by atoms with E-state index in [4.69, 9.17) is 23.7 Å². The maximum Gasteiger partial charge on any atom is 0.340 e. The average molecular weight is 268 g/mol. The van der Waals surface area contributed by atoms with Crippen molar-refractivity contribution in [3.05, 3.63) is 23.8 Å². The maximum atomic E-state index is 12.0. The van der Waals surface area contributed by atoms with Gasteiger partial charge in [-0.15, -0.1) is 0 Å². The lowest BCUT2D eigenvalue weighted by atomic mass is 10.2. The minimum atomic E-state index is -0.668. The molecule has 1 atom stereocenters. The van der Waals surface area contributed by atoms with E-state index in [1.807, 2.05) is 0 Å². The zero-order valence-electron chi connectivity index (χ0n) is 10.9. The zero-order chi connectivity index (χ0) is 13.7. The van der Waals surface area contributed by atoms with Gasteiger partial charge in [0.05, 0.1) is 33.0 Å². The maximum absolute atomic E-state index is 12.0. The van der Waals surface area contributed by atoms with Crippen molar-refractivity contribution in [1.82, 2.24) is 0 Å². The Morgan fingerprint density at radius 3 is 2.37 bits per heavy atom. The smallest absolute Gasteiger partial charge is 0.340 e. The highest BCUT2D eigenvalue weighted by Gasteiger charge is 2.20. The van der Waals surface area contributed by atoms with Gasteiger partial charge < -0.3 is 23.7 Å². The van der Waals surface area contributed by atoms with Crippen LogP contribution in [0.25, 0.3) is 0 Å². The van der Waals surface area contributed by atoms with Gasteiger partial charge in [-0.3, -0.25) is 0 Å². The number of carbonyl (C=O) groups excluding carboxylic acids is 1. The second-order valence-electron chi connectivity index (χ2n) is 3.88. The molecule has 0 aliphatic carbocycles. The molecule has 104 valence electrons. The Kier molecular flexibility index (Phi) is 4.59. The van der Waals surface area contributed by atoms with E-state index in [0.717, 1.165) is 0 Å². The Labute approximate surface area is 111 Å². The Morgan fingerprint density at radius 1 is 1.16 bits per heavy atom. The highest BCUT2D eigenvalue weighted by molar-refractivity contribution is 5.90. The largest absolute Gasteiger partial charge is 0.497 e. The van der Waals surface area contributed by atoms with Crippen LogP contribution in [0.3, 0.4) is 0 Å². The van der Waals surface area contributed by atoms with Crippen LogP contribution in [0.2, 0.25) is 0 Å². The fourth-order valence-electron chi connectivity index (χ4n) is 1.65. The fourth-order valence-corrected chi connectivity index (χ4v) is 1.65. The fraction of sp³-hybridized carbons (Fsp3) is 0.462. The first kappa shape index (κ1) is 13.6. The minimum absolute atomic E-state index is 0.243. The van der Waals surface area contributed by atoms with Crippen molar-refractivity contribution in [2.24, 2.45) is 0 Å². The first-order valence-electron chi connectivity index (χ1n) is 5.86. The van der Waals surface area contributed by atoms with Crippen LogP contribution in [0.15, 0.2) is 18.2 Å². The molecule has 0 radical (unpaired) electrons. The number of ether oxygens (including phenoxy) is 5. The lowest BCUT2D eigenvalue weighted by Crippen LogP contribution is -2.32. The number of hydrogen-bond donors (Lipinski definition) is 0. The van der Waals surface area contributed by atoms with Gasteiger partial charge in [0.1, 0.15) is 18.1 Å². The van der Waals surface area contributed by atoms with Crippen molar-refractivity contribution in [2.75, 3.05) is 34.0 Å². The Balaban J connectivity index is 2.08. The number of esters is 1. The summed E-state index contributed by atoms with van der Waals surface area (Å²) in [6.07, 6.45) is -0.668. The number of carbonyl (C=O) groups is 1. The van der Waals surface area contributed by atoms with E-state index in [1.54, 1.807) is 18.2 Å². The minimum Gasteiger partial charge on any atom is -0.497 e. The van der Waals surface area contributed by atoms with E-state index >= 15 is 0 Å². The molecular formula is C13H16O6. The van der Waals surface area contributed by atoms with Gasteiger partial charge >= 0.3 is 5.97 Å². The molecule has 19 heavy (non-hydrogen) atoms. The first-order chi connectivity index (χ1) is 9.22. The molecule has 0 aromatic heterocycles. The summed E-state index contributed by atoms with van der Waals surface area (Å²) in [6.45, 7) is 1.17. The number of benzene rings is 1. The number of methoxy groups -OCH3 is 2. The van der Waals surface area contributed by atoms with E-state index in [9.17, 15) is 4.79 Å². The number of rotatable bonds is 4. The van der Waals surface area contributed by atoms with E-state index < -0.39 is 12.3 Å². The van der Waals surface area contributed by atoms with E-state index in [-0.39, 0.29) is 6.61 Å². The lowest BCUT2D eigenvalue weighted by molar-refractivity contribution is -0.186. The van der Waals surface area contributed by atoms with Gasteiger partial charge in [-0.05, 0) is 12.1 Å². The van der Waals surface area contributed by atoms with Crippen molar-refractivity contribution in [1.29, 1.82) is 0 Å². The molecule has 6 heteroatoms. The van der Waals surface area contributed by atoms with Gasteiger partial charge in [-0.25, -0.2) is 4.79 Å². The van der Waals surface area contributed by atoms with Crippen molar-refractivity contribution < 1.29 is 28.5 Å².